The summed E-state index contributed by atoms with van der Waals surface area (Å²) in [6.45, 7) is 1.78. The summed E-state index contributed by atoms with van der Waals surface area (Å²) >= 11 is 5.60. The molecule has 144 valence electrons. The van der Waals surface area contributed by atoms with Crippen molar-refractivity contribution in [2.45, 2.75) is 6.92 Å². The number of aromatic nitrogens is 1. The van der Waals surface area contributed by atoms with Gasteiger partial charge in [-0.1, -0.05) is 6.07 Å². The van der Waals surface area contributed by atoms with Gasteiger partial charge in [0.2, 0.25) is 5.78 Å². The first kappa shape index (κ1) is 19.4. The van der Waals surface area contributed by atoms with Gasteiger partial charge in [-0.15, -0.1) is 11.6 Å². The molecule has 0 aliphatic carbocycles. The van der Waals surface area contributed by atoms with Gasteiger partial charge < -0.3 is 24.8 Å². The van der Waals surface area contributed by atoms with Crippen molar-refractivity contribution in [2.24, 2.45) is 10.7 Å². The number of aromatic carboxylic acids is 1. The standard InChI is InChI=1S/C20H18ClN3O4/c1-11-17(24-8-4-3-5-15(24)19(11)28-2)18(25)12-6-7-14(23-16(22)10-21)13(9-12)20(26)27/h3-9H,10H2,1-2H3,(H2,22,23)(H,26,27)/p-1. The average molecular weight is 399 g/mol. The molecule has 3 aromatic rings. The quantitative estimate of drug-likeness (QED) is 0.296. The fourth-order valence-electron chi connectivity index (χ4n) is 3.10. The fourth-order valence-corrected chi connectivity index (χ4v) is 3.16. The van der Waals surface area contributed by atoms with E-state index >= 15 is 0 Å². The number of carbonyl (C=O) groups is 2. The topological polar surface area (TPSA) is 109 Å². The van der Waals surface area contributed by atoms with Crippen molar-refractivity contribution in [1.29, 1.82) is 0 Å². The van der Waals surface area contributed by atoms with Crippen molar-refractivity contribution in [3.05, 3.63) is 65.0 Å². The molecule has 28 heavy (non-hydrogen) atoms. The predicted octanol–water partition coefficient (Wildman–Crippen LogP) is 2.08. The third-order valence-corrected chi connectivity index (χ3v) is 4.60. The largest absolute Gasteiger partial charge is 0.545 e. The second-order valence-corrected chi connectivity index (χ2v) is 6.32. The minimum absolute atomic E-state index is 0.0533. The zero-order valence-electron chi connectivity index (χ0n) is 15.2. The number of amidine groups is 1. The molecule has 1 aromatic carbocycles. The van der Waals surface area contributed by atoms with Gasteiger partial charge in [-0.3, -0.25) is 4.79 Å². The van der Waals surface area contributed by atoms with Crippen LogP contribution in [0.4, 0.5) is 5.69 Å². The number of hydrogen-bond donors (Lipinski definition) is 1. The number of carboxylic acids is 1. The zero-order chi connectivity index (χ0) is 20.4. The molecule has 0 saturated heterocycles. The Bertz CT molecular complexity index is 1120. The Kier molecular flexibility index (Phi) is 5.37. The molecule has 0 spiro atoms. The van der Waals surface area contributed by atoms with Crippen molar-refractivity contribution in [3.8, 4) is 5.75 Å². The highest BCUT2D eigenvalue weighted by molar-refractivity contribution is 6.28. The number of rotatable bonds is 6. The molecule has 0 bridgehead atoms. The van der Waals surface area contributed by atoms with Crippen LogP contribution in [-0.2, 0) is 0 Å². The number of pyridine rings is 1. The Balaban J connectivity index is 2.17. The van der Waals surface area contributed by atoms with Gasteiger partial charge in [0.05, 0.1) is 30.2 Å². The van der Waals surface area contributed by atoms with E-state index in [-0.39, 0.29) is 34.3 Å². The van der Waals surface area contributed by atoms with E-state index in [0.717, 1.165) is 5.52 Å². The van der Waals surface area contributed by atoms with Crippen LogP contribution in [0.2, 0.25) is 0 Å². The van der Waals surface area contributed by atoms with E-state index in [4.69, 9.17) is 22.1 Å². The second kappa shape index (κ2) is 7.74. The molecule has 0 atom stereocenters. The number of ether oxygens (including phenoxy) is 1. The summed E-state index contributed by atoms with van der Waals surface area (Å²) in [7, 11) is 1.53. The number of carboxylic acid groups (broad SMARTS) is 1. The molecular weight excluding hydrogens is 382 g/mol. The summed E-state index contributed by atoms with van der Waals surface area (Å²) in [5.41, 5.74) is 7.36. The first-order valence-corrected chi connectivity index (χ1v) is 8.85. The number of nitrogens with two attached hydrogens (primary N) is 1. The Labute approximate surface area is 166 Å². The molecule has 0 amide bonds. The maximum absolute atomic E-state index is 13.2. The molecule has 3 rings (SSSR count). The van der Waals surface area contributed by atoms with E-state index in [1.807, 2.05) is 12.1 Å². The average Bonchev–Trinajstić information content (AvgIpc) is 2.98. The minimum Gasteiger partial charge on any atom is -0.545 e. The Morgan fingerprint density at radius 3 is 2.68 bits per heavy atom. The SMILES string of the molecule is COc1c(C)c(C(=O)c2ccc(N=C(N)CCl)c(C(=O)[O-])c2)n2ccccc12. The summed E-state index contributed by atoms with van der Waals surface area (Å²) in [6.07, 6.45) is 1.75. The first-order valence-electron chi connectivity index (χ1n) is 8.31. The number of fused-ring (bicyclic) bond motifs is 1. The highest BCUT2D eigenvalue weighted by Gasteiger charge is 2.23. The molecule has 0 aliphatic rings. The Morgan fingerprint density at radius 2 is 2.04 bits per heavy atom. The third kappa shape index (κ3) is 3.32. The van der Waals surface area contributed by atoms with E-state index in [1.165, 1.54) is 25.3 Å². The van der Waals surface area contributed by atoms with Gasteiger partial charge in [-0.2, -0.15) is 0 Å². The van der Waals surface area contributed by atoms with Crippen molar-refractivity contribution >= 4 is 40.4 Å². The molecule has 0 fully saturated rings. The van der Waals surface area contributed by atoms with Crippen LogP contribution in [0.3, 0.4) is 0 Å². The number of nitrogens with zero attached hydrogens (tertiary/aromatic N) is 2. The van der Waals surface area contributed by atoms with Gasteiger partial charge in [0.15, 0.2) is 0 Å². The number of alkyl halides is 1. The molecule has 0 saturated carbocycles. The van der Waals surface area contributed by atoms with Crippen LogP contribution in [0.15, 0.2) is 47.6 Å². The highest BCUT2D eigenvalue weighted by atomic mass is 35.5. The molecule has 0 radical (unpaired) electrons. The summed E-state index contributed by atoms with van der Waals surface area (Å²) in [5, 5.41) is 11.5. The molecule has 8 heteroatoms. The lowest BCUT2D eigenvalue weighted by molar-refractivity contribution is -0.254. The van der Waals surface area contributed by atoms with Crippen molar-refractivity contribution in [2.75, 3.05) is 13.0 Å². The number of carbonyl (C=O) groups excluding carboxylic acids is 2. The fraction of sp³-hybridized carbons (Fsp3) is 0.150. The van der Waals surface area contributed by atoms with Crippen LogP contribution in [0.25, 0.3) is 5.52 Å². The second-order valence-electron chi connectivity index (χ2n) is 6.05. The zero-order valence-corrected chi connectivity index (χ0v) is 16.0. The summed E-state index contributed by atoms with van der Waals surface area (Å²) in [6, 6.07) is 9.59. The lowest BCUT2D eigenvalue weighted by atomic mass is 10.0. The van der Waals surface area contributed by atoms with E-state index in [2.05, 4.69) is 4.99 Å². The summed E-state index contributed by atoms with van der Waals surface area (Å²) in [5.74, 6) is -1.24. The molecule has 0 aliphatic heterocycles. The van der Waals surface area contributed by atoms with Gasteiger partial charge in [0, 0.05) is 22.9 Å². The Morgan fingerprint density at radius 1 is 1.29 bits per heavy atom. The van der Waals surface area contributed by atoms with Gasteiger partial charge in [0.25, 0.3) is 0 Å². The van der Waals surface area contributed by atoms with Crippen LogP contribution in [-0.4, -0.2) is 35.0 Å². The normalized spacial score (nSPS) is 11.6. The van der Waals surface area contributed by atoms with Gasteiger partial charge in [-0.25, -0.2) is 4.99 Å². The van der Waals surface area contributed by atoms with Crippen LogP contribution in [0, 0.1) is 6.92 Å². The van der Waals surface area contributed by atoms with E-state index < -0.39 is 5.97 Å². The number of methoxy groups -OCH3 is 1. The van der Waals surface area contributed by atoms with Gasteiger partial charge in [-0.05, 0) is 37.3 Å². The molecule has 2 aromatic heterocycles. The molecule has 2 N–H and O–H groups in total. The lowest BCUT2D eigenvalue weighted by Gasteiger charge is -2.10. The van der Waals surface area contributed by atoms with Crippen LogP contribution < -0.4 is 15.6 Å². The molecule has 0 unspecified atom stereocenters. The highest BCUT2D eigenvalue weighted by Crippen LogP contribution is 2.32. The van der Waals surface area contributed by atoms with Crippen LogP contribution in [0.5, 0.6) is 5.75 Å². The molecule has 7 nitrogen and oxygen atoms in total. The number of aliphatic imine (C=N–C) groups is 1. The number of ketones is 1. The van der Waals surface area contributed by atoms with Crippen molar-refractivity contribution in [1.82, 2.24) is 4.40 Å². The van der Waals surface area contributed by atoms with Crippen molar-refractivity contribution in [3.63, 3.8) is 0 Å². The summed E-state index contributed by atoms with van der Waals surface area (Å²) in [4.78, 5) is 28.7. The van der Waals surface area contributed by atoms with Crippen molar-refractivity contribution < 1.29 is 19.4 Å². The van der Waals surface area contributed by atoms with E-state index in [0.29, 0.717) is 17.0 Å². The first-order chi connectivity index (χ1) is 13.4. The van der Waals surface area contributed by atoms with Crippen LogP contribution >= 0.6 is 11.6 Å². The molecular formula is C20H17ClN3O4-. The number of hydrogen-bond acceptors (Lipinski definition) is 5. The maximum atomic E-state index is 13.2. The Hall–Kier alpha value is -3.32. The lowest BCUT2D eigenvalue weighted by Crippen LogP contribution is -2.23. The smallest absolute Gasteiger partial charge is 0.210 e. The number of benzene rings is 1. The monoisotopic (exact) mass is 398 g/mol. The molecule has 2 heterocycles. The van der Waals surface area contributed by atoms with Gasteiger partial charge >= 0.3 is 0 Å². The van der Waals surface area contributed by atoms with Crippen LogP contribution in [0.1, 0.15) is 32.0 Å². The number of halogens is 1. The van der Waals surface area contributed by atoms with E-state index in [1.54, 1.807) is 23.6 Å². The summed E-state index contributed by atoms with van der Waals surface area (Å²) < 4.78 is 7.16. The van der Waals surface area contributed by atoms with E-state index in [9.17, 15) is 14.7 Å². The third-order valence-electron chi connectivity index (χ3n) is 4.33. The minimum atomic E-state index is -1.47. The van der Waals surface area contributed by atoms with Gasteiger partial charge in [0.1, 0.15) is 17.3 Å². The predicted molar refractivity (Wildman–Crippen MR) is 105 cm³/mol. The maximum Gasteiger partial charge on any atom is 0.210 e.